The lowest BCUT2D eigenvalue weighted by Gasteiger charge is -2.23. The Morgan fingerprint density at radius 3 is 2.96 bits per heavy atom. The summed E-state index contributed by atoms with van der Waals surface area (Å²) < 4.78 is 17.8. The molecule has 0 spiro atoms. The first-order chi connectivity index (χ1) is 11.5. The van der Waals surface area contributed by atoms with Crippen molar-refractivity contribution in [3.05, 3.63) is 22.2 Å². The molecule has 0 aliphatic carbocycles. The number of hydrogen-bond donors (Lipinski definition) is 2. The third kappa shape index (κ3) is 3.92. The number of amides is 1. The van der Waals surface area contributed by atoms with E-state index in [9.17, 15) is 14.3 Å². The van der Waals surface area contributed by atoms with Crippen molar-refractivity contribution in [2.75, 3.05) is 33.4 Å². The predicted octanol–water partition coefficient (Wildman–Crippen LogP) is 2.78. The average Bonchev–Trinajstić information content (AvgIpc) is 3.01. The summed E-state index contributed by atoms with van der Waals surface area (Å²) in [6.45, 7) is 3.10. The Morgan fingerprint density at radius 1 is 1.58 bits per heavy atom. The molecule has 2 N–H and O–H groups in total. The number of methoxy groups -OCH3 is 1. The number of alkyl halides is 1. The van der Waals surface area contributed by atoms with Gasteiger partial charge in [-0.1, -0.05) is 18.5 Å². The summed E-state index contributed by atoms with van der Waals surface area (Å²) in [5.41, 5.74) is 0.641. The number of carbonyl (C=O) groups excluding carboxylic acids is 1. The molecule has 134 valence electrons. The van der Waals surface area contributed by atoms with Crippen molar-refractivity contribution in [2.45, 2.75) is 32.2 Å². The van der Waals surface area contributed by atoms with Crippen molar-refractivity contribution in [1.29, 1.82) is 0 Å². The summed E-state index contributed by atoms with van der Waals surface area (Å²) in [6, 6.07) is 1.72. The zero-order valence-electron chi connectivity index (χ0n) is 14.1. The number of ether oxygens (including phenoxy) is 1. The van der Waals surface area contributed by atoms with Crippen LogP contribution in [0.2, 0.25) is 5.02 Å². The number of likely N-dealkylation sites (tertiary alicyclic amines) is 1. The Labute approximate surface area is 146 Å². The SMILES string of the molecule is CCc1cc(Cl)c(OC)c(C(=O)NC[C@@H]2CCCN2CC[18F])c1O. The molecule has 1 amide bonds. The maximum absolute atomic E-state index is 12.6. The van der Waals surface area contributed by atoms with Gasteiger partial charge in [-0.2, -0.15) is 0 Å². The standard InChI is InChI=1S/C17H24ClFN2O3/c1-3-11-9-13(18)16(24-2)14(15(11)22)17(23)20-10-12-5-4-7-21(12)8-6-19/h9,12,22H,3-8,10H2,1-2H3,(H,20,23)/t12-/m0/s1/i19-1. The second kappa shape index (κ2) is 8.53. The molecular weight excluding hydrogens is 334 g/mol. The van der Waals surface area contributed by atoms with Crippen molar-refractivity contribution >= 4 is 17.5 Å². The van der Waals surface area contributed by atoms with Gasteiger partial charge >= 0.3 is 0 Å². The Balaban J connectivity index is 2.16. The van der Waals surface area contributed by atoms with E-state index < -0.39 is 12.6 Å². The van der Waals surface area contributed by atoms with Gasteiger partial charge in [0, 0.05) is 19.1 Å². The number of aromatic hydroxyl groups is 1. The smallest absolute Gasteiger partial charge is 0.258 e. The molecule has 1 atom stereocenters. The van der Waals surface area contributed by atoms with Gasteiger partial charge in [0.15, 0.2) is 5.75 Å². The fraction of sp³-hybridized carbons (Fsp3) is 0.588. The Morgan fingerprint density at radius 2 is 2.33 bits per heavy atom. The number of hydrogen-bond acceptors (Lipinski definition) is 4. The highest BCUT2D eigenvalue weighted by Gasteiger charge is 2.27. The molecule has 1 fully saturated rings. The molecule has 0 unspecified atom stereocenters. The predicted molar refractivity (Wildman–Crippen MR) is 92.0 cm³/mol. The number of nitrogens with one attached hydrogen (secondary N) is 1. The van der Waals surface area contributed by atoms with Gasteiger partial charge in [0.2, 0.25) is 0 Å². The molecule has 1 aliphatic rings. The second-order valence-corrected chi connectivity index (χ2v) is 6.27. The number of rotatable bonds is 7. The highest BCUT2D eigenvalue weighted by Crippen LogP contribution is 2.38. The van der Waals surface area contributed by atoms with Crippen LogP contribution >= 0.6 is 11.6 Å². The largest absolute Gasteiger partial charge is 0.507 e. The molecule has 7 heteroatoms. The molecule has 0 bridgehead atoms. The van der Waals surface area contributed by atoms with Crippen LogP contribution in [0.25, 0.3) is 0 Å². The van der Waals surface area contributed by atoms with Gasteiger partial charge in [-0.05, 0) is 37.4 Å². The third-order valence-corrected chi connectivity index (χ3v) is 4.75. The minimum Gasteiger partial charge on any atom is -0.507 e. The van der Waals surface area contributed by atoms with Gasteiger partial charge in [-0.15, -0.1) is 0 Å². The molecule has 1 aromatic rings. The maximum atomic E-state index is 12.6. The lowest BCUT2D eigenvalue weighted by atomic mass is 10.0. The van der Waals surface area contributed by atoms with E-state index in [2.05, 4.69) is 5.32 Å². The van der Waals surface area contributed by atoms with Crippen molar-refractivity contribution in [1.82, 2.24) is 10.2 Å². The molecule has 24 heavy (non-hydrogen) atoms. The van der Waals surface area contributed by atoms with Crippen LogP contribution < -0.4 is 10.1 Å². The first kappa shape index (κ1) is 18.8. The van der Waals surface area contributed by atoms with Gasteiger partial charge in [-0.3, -0.25) is 9.69 Å². The topological polar surface area (TPSA) is 61.8 Å². The zero-order valence-corrected chi connectivity index (χ0v) is 14.8. The number of aryl methyl sites for hydroxylation is 1. The molecule has 0 radical (unpaired) electrons. The van der Waals surface area contributed by atoms with Crippen LogP contribution in [0.1, 0.15) is 35.7 Å². The van der Waals surface area contributed by atoms with Crippen LogP contribution in [0.4, 0.5) is 4.39 Å². The van der Waals surface area contributed by atoms with Gasteiger partial charge in [0.05, 0.1) is 12.1 Å². The molecule has 1 aliphatic heterocycles. The van der Waals surface area contributed by atoms with E-state index in [-0.39, 0.29) is 28.1 Å². The zero-order chi connectivity index (χ0) is 17.7. The van der Waals surface area contributed by atoms with E-state index in [0.29, 0.717) is 25.1 Å². The van der Waals surface area contributed by atoms with Crippen LogP contribution in [-0.2, 0) is 6.42 Å². The van der Waals surface area contributed by atoms with Crippen LogP contribution in [0.15, 0.2) is 6.07 Å². The highest BCUT2D eigenvalue weighted by molar-refractivity contribution is 6.33. The Hall–Kier alpha value is -1.53. The lowest BCUT2D eigenvalue weighted by molar-refractivity contribution is 0.0934. The second-order valence-electron chi connectivity index (χ2n) is 5.86. The third-order valence-electron chi connectivity index (χ3n) is 4.47. The van der Waals surface area contributed by atoms with E-state index in [1.807, 2.05) is 11.8 Å². The first-order valence-corrected chi connectivity index (χ1v) is 8.57. The monoisotopic (exact) mass is 357 g/mol. The summed E-state index contributed by atoms with van der Waals surface area (Å²) in [4.78, 5) is 14.6. The average molecular weight is 358 g/mol. The summed E-state index contributed by atoms with van der Waals surface area (Å²) in [6.07, 6.45) is 2.45. The fourth-order valence-electron chi connectivity index (χ4n) is 3.18. The number of halogens is 2. The maximum Gasteiger partial charge on any atom is 0.258 e. The summed E-state index contributed by atoms with van der Waals surface area (Å²) >= 11 is 6.16. The van der Waals surface area contributed by atoms with Crippen LogP contribution in [0, 0.1) is 0 Å². The van der Waals surface area contributed by atoms with Gasteiger partial charge < -0.3 is 15.2 Å². The molecule has 0 aromatic heterocycles. The minimum absolute atomic E-state index is 0.0527. The van der Waals surface area contributed by atoms with E-state index in [1.165, 1.54) is 7.11 Å². The molecule has 1 heterocycles. The Bertz CT molecular complexity index is 598. The fourth-order valence-corrected chi connectivity index (χ4v) is 3.49. The Kier molecular flexibility index (Phi) is 6.69. The molecule has 0 saturated carbocycles. The van der Waals surface area contributed by atoms with E-state index >= 15 is 0 Å². The molecule has 1 saturated heterocycles. The number of nitrogens with zero attached hydrogens (tertiary/aromatic N) is 1. The first-order valence-electron chi connectivity index (χ1n) is 8.20. The van der Waals surface area contributed by atoms with Crippen molar-refractivity contribution in [3.8, 4) is 11.5 Å². The van der Waals surface area contributed by atoms with Crippen molar-refractivity contribution in [3.63, 3.8) is 0 Å². The van der Waals surface area contributed by atoms with E-state index in [1.54, 1.807) is 6.07 Å². The summed E-state index contributed by atoms with van der Waals surface area (Å²) in [7, 11) is 1.41. The van der Waals surface area contributed by atoms with Crippen molar-refractivity contribution in [2.24, 2.45) is 0 Å². The summed E-state index contributed by atoms with van der Waals surface area (Å²) in [5.74, 6) is -0.382. The number of phenolic OH excluding ortho intramolecular Hbond substituents is 1. The van der Waals surface area contributed by atoms with Crippen LogP contribution in [0.3, 0.4) is 0 Å². The number of carbonyl (C=O) groups is 1. The van der Waals surface area contributed by atoms with Gasteiger partial charge in [0.25, 0.3) is 5.91 Å². The van der Waals surface area contributed by atoms with Gasteiger partial charge in [0.1, 0.15) is 18.0 Å². The van der Waals surface area contributed by atoms with E-state index in [4.69, 9.17) is 16.3 Å². The normalized spacial score (nSPS) is 17.9. The van der Waals surface area contributed by atoms with Crippen LogP contribution in [0.5, 0.6) is 11.5 Å². The number of phenols is 1. The molecule has 5 nitrogen and oxygen atoms in total. The highest BCUT2D eigenvalue weighted by atomic mass is 35.5. The van der Waals surface area contributed by atoms with Crippen LogP contribution in [-0.4, -0.2) is 55.4 Å². The van der Waals surface area contributed by atoms with Crippen molar-refractivity contribution < 1.29 is 19.0 Å². The lowest BCUT2D eigenvalue weighted by Crippen LogP contribution is -2.41. The molecule has 1 aromatic carbocycles. The minimum atomic E-state index is -0.436. The molecular formula is C17H24ClFN2O3. The quantitative estimate of drug-likeness (QED) is 0.787. The number of benzene rings is 1. The molecule has 2 rings (SSSR count). The van der Waals surface area contributed by atoms with Gasteiger partial charge in [-0.25, -0.2) is 4.39 Å². The summed E-state index contributed by atoms with van der Waals surface area (Å²) in [5, 5.41) is 13.5. The van der Waals surface area contributed by atoms with E-state index in [0.717, 1.165) is 19.4 Å².